The molecule has 0 aliphatic rings. The van der Waals surface area contributed by atoms with Crippen LogP contribution >= 0.6 is 35.0 Å². The lowest BCUT2D eigenvalue weighted by Crippen LogP contribution is -2.23. The second-order valence-corrected chi connectivity index (χ2v) is 10.7. The molecule has 6 nitrogen and oxygen atoms in total. The summed E-state index contributed by atoms with van der Waals surface area (Å²) in [5, 5.41) is 9.89. The van der Waals surface area contributed by atoms with Gasteiger partial charge in [0, 0.05) is 28.4 Å². The third kappa shape index (κ3) is 5.74. The number of hydroxylamine groups is 1. The molecule has 2 N–H and O–H groups in total. The highest BCUT2D eigenvalue weighted by Crippen LogP contribution is 2.39. The summed E-state index contributed by atoms with van der Waals surface area (Å²) >= 11 is 13.4. The predicted octanol–water partition coefficient (Wildman–Crippen LogP) is 7.34. The van der Waals surface area contributed by atoms with E-state index in [2.05, 4.69) is 4.98 Å². The Morgan fingerprint density at radius 2 is 1.74 bits per heavy atom. The van der Waals surface area contributed by atoms with E-state index in [-0.39, 0.29) is 22.6 Å². The van der Waals surface area contributed by atoms with Gasteiger partial charge < -0.3 is 4.74 Å². The summed E-state index contributed by atoms with van der Waals surface area (Å²) in [6, 6.07) is 11.2. The SMILES string of the molecule is COc1cc(-n2c(C(C)(C)c3ccc(Cl)c(Cl)c3)cnc2SCc2c(F)cc(C(=O)NO)cc2F)ccc1F. The fourth-order valence-corrected chi connectivity index (χ4v) is 5.33. The molecule has 1 heterocycles. The van der Waals surface area contributed by atoms with E-state index in [0.717, 1.165) is 29.5 Å². The van der Waals surface area contributed by atoms with Crippen LogP contribution in [-0.2, 0) is 11.2 Å². The van der Waals surface area contributed by atoms with Gasteiger partial charge in [0.05, 0.1) is 34.7 Å². The van der Waals surface area contributed by atoms with E-state index in [1.54, 1.807) is 29.0 Å². The largest absolute Gasteiger partial charge is 0.494 e. The van der Waals surface area contributed by atoms with Crippen LogP contribution in [0.4, 0.5) is 13.2 Å². The van der Waals surface area contributed by atoms with Crippen LogP contribution < -0.4 is 10.2 Å². The molecule has 39 heavy (non-hydrogen) atoms. The van der Waals surface area contributed by atoms with Crippen LogP contribution in [0.2, 0.25) is 10.0 Å². The van der Waals surface area contributed by atoms with E-state index in [1.165, 1.54) is 24.7 Å². The number of nitrogens with zero attached hydrogens (tertiary/aromatic N) is 2. The van der Waals surface area contributed by atoms with Crippen molar-refractivity contribution in [2.75, 3.05) is 7.11 Å². The van der Waals surface area contributed by atoms with Gasteiger partial charge in [-0.05, 0) is 42.0 Å². The van der Waals surface area contributed by atoms with Gasteiger partial charge in [-0.2, -0.15) is 0 Å². The molecular weight excluding hydrogens is 574 g/mol. The summed E-state index contributed by atoms with van der Waals surface area (Å²) in [4.78, 5) is 16.1. The van der Waals surface area contributed by atoms with Crippen LogP contribution in [0.5, 0.6) is 5.75 Å². The number of hydrogen-bond acceptors (Lipinski definition) is 5. The maximum absolute atomic E-state index is 14.7. The standard InChI is InChI=1S/C27H22Cl2F3N3O3S/c1-27(2,15-4-6-18(28)19(29)10-15)24-12-33-26(35(24)16-5-7-20(30)23(11-16)38-3)39-13-17-21(31)8-14(9-22(17)32)25(36)34-37/h4-12,37H,13H2,1-3H3,(H,34,36). The number of aromatic nitrogens is 2. The summed E-state index contributed by atoms with van der Waals surface area (Å²) in [7, 11) is 1.35. The zero-order valence-corrected chi connectivity index (χ0v) is 23.2. The van der Waals surface area contributed by atoms with Gasteiger partial charge >= 0.3 is 0 Å². The number of ether oxygens (including phenoxy) is 1. The number of nitrogens with one attached hydrogen (secondary N) is 1. The smallest absolute Gasteiger partial charge is 0.274 e. The van der Waals surface area contributed by atoms with Crippen molar-refractivity contribution < 1.29 is 27.9 Å². The average Bonchev–Trinajstić information content (AvgIpc) is 3.34. The molecule has 1 aromatic heterocycles. The third-order valence-corrected chi connectivity index (χ3v) is 7.97. The molecule has 4 rings (SSSR count). The van der Waals surface area contributed by atoms with Crippen molar-refractivity contribution in [1.82, 2.24) is 15.0 Å². The van der Waals surface area contributed by atoms with E-state index >= 15 is 0 Å². The Hall–Kier alpha value is -3.18. The molecule has 12 heteroatoms. The lowest BCUT2D eigenvalue weighted by molar-refractivity contribution is 0.0705. The van der Waals surface area contributed by atoms with Gasteiger partial charge in [0.15, 0.2) is 16.7 Å². The molecule has 0 saturated carbocycles. The fourth-order valence-electron chi connectivity index (χ4n) is 4.02. The van der Waals surface area contributed by atoms with E-state index in [1.807, 2.05) is 19.9 Å². The van der Waals surface area contributed by atoms with Gasteiger partial charge in [0.25, 0.3) is 5.91 Å². The topological polar surface area (TPSA) is 76.4 Å². The molecule has 204 valence electrons. The number of carbonyl (C=O) groups excluding carboxylic acids is 1. The minimum Gasteiger partial charge on any atom is -0.494 e. The molecule has 0 aliphatic carbocycles. The molecule has 0 aliphatic heterocycles. The highest BCUT2D eigenvalue weighted by molar-refractivity contribution is 7.98. The Labute approximate surface area is 236 Å². The number of benzene rings is 3. The fraction of sp³-hybridized carbons (Fsp3) is 0.185. The summed E-state index contributed by atoms with van der Waals surface area (Å²) in [6.45, 7) is 3.89. The van der Waals surface area contributed by atoms with Gasteiger partial charge in [0.2, 0.25) is 0 Å². The molecule has 0 radical (unpaired) electrons. The average molecular weight is 596 g/mol. The number of methoxy groups -OCH3 is 1. The minimum absolute atomic E-state index is 0.00489. The van der Waals surface area contributed by atoms with Crippen LogP contribution in [0.25, 0.3) is 5.69 Å². The Balaban J connectivity index is 1.80. The molecule has 0 saturated heterocycles. The first-order valence-electron chi connectivity index (χ1n) is 11.4. The van der Waals surface area contributed by atoms with E-state index in [4.69, 9.17) is 33.1 Å². The number of rotatable bonds is 8. The molecule has 0 spiro atoms. The van der Waals surface area contributed by atoms with Crippen molar-refractivity contribution in [3.8, 4) is 11.4 Å². The maximum atomic E-state index is 14.7. The quantitative estimate of drug-likeness (QED) is 0.127. The van der Waals surface area contributed by atoms with Crippen LogP contribution in [0, 0.1) is 17.5 Å². The van der Waals surface area contributed by atoms with Crippen molar-refractivity contribution in [1.29, 1.82) is 0 Å². The van der Waals surface area contributed by atoms with E-state index in [0.29, 0.717) is 26.6 Å². The molecule has 0 unspecified atom stereocenters. The Morgan fingerprint density at radius 1 is 1.05 bits per heavy atom. The van der Waals surface area contributed by atoms with Gasteiger partial charge in [-0.3, -0.25) is 14.6 Å². The third-order valence-electron chi connectivity index (χ3n) is 6.25. The summed E-state index contributed by atoms with van der Waals surface area (Å²) in [5.74, 6) is -3.69. The van der Waals surface area contributed by atoms with Gasteiger partial charge in [-0.25, -0.2) is 23.6 Å². The number of hydrogen-bond donors (Lipinski definition) is 2. The maximum Gasteiger partial charge on any atom is 0.274 e. The van der Waals surface area contributed by atoms with Crippen molar-refractivity contribution in [2.45, 2.75) is 30.2 Å². The van der Waals surface area contributed by atoms with Crippen LogP contribution in [0.15, 0.2) is 59.9 Å². The van der Waals surface area contributed by atoms with Gasteiger partial charge in [-0.1, -0.05) is 54.9 Å². The first-order valence-corrected chi connectivity index (χ1v) is 13.1. The number of amides is 1. The second kappa shape index (κ2) is 11.5. The number of halogens is 5. The molecular formula is C27H22Cl2F3N3O3S. The Bertz CT molecular complexity index is 1540. The second-order valence-electron chi connectivity index (χ2n) is 8.98. The van der Waals surface area contributed by atoms with E-state index in [9.17, 15) is 18.0 Å². The lowest BCUT2D eigenvalue weighted by atomic mass is 9.81. The Morgan fingerprint density at radius 3 is 2.36 bits per heavy atom. The van der Waals surface area contributed by atoms with Crippen molar-refractivity contribution in [3.05, 3.63) is 105 Å². The number of thioether (sulfide) groups is 1. The first kappa shape index (κ1) is 28.8. The molecule has 3 aromatic carbocycles. The van der Waals surface area contributed by atoms with Crippen molar-refractivity contribution in [2.24, 2.45) is 0 Å². The predicted molar refractivity (Wildman–Crippen MR) is 144 cm³/mol. The molecule has 1 amide bonds. The monoisotopic (exact) mass is 595 g/mol. The van der Waals surface area contributed by atoms with Gasteiger partial charge in [0.1, 0.15) is 11.6 Å². The number of carbonyl (C=O) groups is 1. The van der Waals surface area contributed by atoms with Gasteiger partial charge in [-0.15, -0.1) is 0 Å². The van der Waals surface area contributed by atoms with E-state index < -0.39 is 28.8 Å². The van der Waals surface area contributed by atoms with Crippen molar-refractivity contribution >= 4 is 40.9 Å². The summed E-state index contributed by atoms with van der Waals surface area (Å²) in [6.07, 6.45) is 1.63. The molecule has 0 fully saturated rings. The highest BCUT2D eigenvalue weighted by Gasteiger charge is 2.30. The normalized spacial score (nSPS) is 11.5. The molecule has 0 bridgehead atoms. The van der Waals surface area contributed by atoms with Crippen LogP contribution in [0.1, 0.15) is 41.0 Å². The highest BCUT2D eigenvalue weighted by atomic mass is 35.5. The first-order chi connectivity index (χ1) is 18.5. The zero-order valence-electron chi connectivity index (χ0n) is 20.9. The number of imidazole rings is 1. The zero-order chi connectivity index (χ0) is 28.5. The van der Waals surface area contributed by atoms with Crippen LogP contribution in [-0.4, -0.2) is 27.8 Å². The van der Waals surface area contributed by atoms with Crippen LogP contribution in [0.3, 0.4) is 0 Å². The Kier molecular flexibility index (Phi) is 8.51. The minimum atomic E-state index is -1.04. The summed E-state index contributed by atoms with van der Waals surface area (Å²) in [5.41, 5.74) is 1.99. The van der Waals surface area contributed by atoms with Crippen molar-refractivity contribution in [3.63, 3.8) is 0 Å². The molecule has 4 aromatic rings. The summed E-state index contributed by atoms with van der Waals surface area (Å²) < 4.78 is 50.7. The molecule has 0 atom stereocenters. The lowest BCUT2D eigenvalue weighted by Gasteiger charge is -2.28.